The van der Waals surface area contributed by atoms with Crippen molar-refractivity contribution in [3.05, 3.63) is 53.6 Å². The van der Waals surface area contributed by atoms with Gasteiger partial charge in [-0.15, -0.1) is 0 Å². The highest BCUT2D eigenvalue weighted by Gasteiger charge is 2.49. The van der Waals surface area contributed by atoms with Gasteiger partial charge in [0, 0.05) is 6.42 Å². The second-order valence-corrected chi connectivity index (χ2v) is 7.62. The molecule has 1 atom stereocenters. The van der Waals surface area contributed by atoms with Crippen LogP contribution in [0.4, 0.5) is 4.79 Å². The summed E-state index contributed by atoms with van der Waals surface area (Å²) in [6, 6.07) is 11.6. The number of nitrogens with zero attached hydrogens (tertiary/aromatic N) is 1. The van der Waals surface area contributed by atoms with Crippen molar-refractivity contribution in [1.82, 2.24) is 10.2 Å². The minimum atomic E-state index is -1.22. The minimum Gasteiger partial charge on any atom is -0.491 e. The molecule has 1 N–H and O–H groups in total. The smallest absolute Gasteiger partial charge is 0.325 e. The van der Waals surface area contributed by atoms with Crippen molar-refractivity contribution < 1.29 is 28.6 Å². The largest absolute Gasteiger partial charge is 0.491 e. The van der Waals surface area contributed by atoms with Crippen LogP contribution >= 0.6 is 0 Å². The Morgan fingerprint density at radius 2 is 1.87 bits per heavy atom. The highest BCUT2D eigenvalue weighted by molar-refractivity contribution is 6.07. The summed E-state index contributed by atoms with van der Waals surface area (Å²) in [5.41, 5.74) is -0.156. The molecule has 2 aliphatic heterocycles. The van der Waals surface area contributed by atoms with E-state index in [1.54, 1.807) is 49.4 Å². The summed E-state index contributed by atoms with van der Waals surface area (Å²) in [7, 11) is 0. The number of Topliss-reactive ketones (excluding diaryl/α,β-unsaturated/α-hetero) is 1. The van der Waals surface area contributed by atoms with Gasteiger partial charge in [-0.25, -0.2) is 4.79 Å². The lowest BCUT2D eigenvalue weighted by Crippen LogP contribution is -2.41. The van der Waals surface area contributed by atoms with Crippen molar-refractivity contribution in [2.75, 3.05) is 26.4 Å². The fourth-order valence-electron chi connectivity index (χ4n) is 3.70. The third kappa shape index (κ3) is 3.93. The van der Waals surface area contributed by atoms with E-state index in [1.165, 1.54) is 6.92 Å². The number of hydrogen-bond donors (Lipinski definition) is 1. The van der Waals surface area contributed by atoms with Crippen LogP contribution in [0.3, 0.4) is 0 Å². The van der Waals surface area contributed by atoms with Crippen LogP contribution in [-0.2, 0) is 10.3 Å². The summed E-state index contributed by atoms with van der Waals surface area (Å²) in [6.45, 7) is 4.34. The number of carbonyl (C=O) groups excluding carboxylic acids is 3. The molecule has 0 aliphatic carbocycles. The zero-order chi connectivity index (χ0) is 22.0. The molecule has 1 saturated heterocycles. The Bertz CT molecular complexity index is 1040. The molecule has 0 spiro atoms. The molecule has 8 heteroatoms. The standard InChI is InChI=1S/C23H24N2O6/c1-15(26)17-6-3-4-7-18(17)31-13-10-25-21(27)23(2,24-22(25)28)16-8-9-19-20(14-16)30-12-5-11-29-19/h3-4,6-9,14H,5,10-13H2,1-2H3,(H,24,28)/t23-/m1/s1. The van der Waals surface area contributed by atoms with Crippen LogP contribution in [0.2, 0.25) is 0 Å². The lowest BCUT2D eigenvalue weighted by atomic mass is 9.91. The van der Waals surface area contributed by atoms with Gasteiger partial charge in [-0.2, -0.15) is 0 Å². The fourth-order valence-corrected chi connectivity index (χ4v) is 3.70. The van der Waals surface area contributed by atoms with Crippen LogP contribution in [0.5, 0.6) is 17.2 Å². The summed E-state index contributed by atoms with van der Waals surface area (Å²) in [6.07, 6.45) is 0.775. The fraction of sp³-hybridized carbons (Fsp3) is 0.348. The predicted molar refractivity (Wildman–Crippen MR) is 112 cm³/mol. The molecule has 8 nitrogen and oxygen atoms in total. The predicted octanol–water partition coefficient (Wildman–Crippen LogP) is 2.90. The molecule has 2 heterocycles. The molecule has 2 aromatic rings. The summed E-state index contributed by atoms with van der Waals surface area (Å²) >= 11 is 0. The zero-order valence-electron chi connectivity index (χ0n) is 17.5. The number of rotatable bonds is 6. The van der Waals surface area contributed by atoms with Crippen molar-refractivity contribution in [3.63, 3.8) is 0 Å². The van der Waals surface area contributed by atoms with Crippen molar-refractivity contribution >= 4 is 17.7 Å². The van der Waals surface area contributed by atoms with Crippen molar-refractivity contribution in [3.8, 4) is 17.2 Å². The Morgan fingerprint density at radius 3 is 2.65 bits per heavy atom. The molecule has 0 unspecified atom stereocenters. The van der Waals surface area contributed by atoms with Crippen molar-refractivity contribution in [2.45, 2.75) is 25.8 Å². The van der Waals surface area contributed by atoms with E-state index in [9.17, 15) is 14.4 Å². The first kappa shape index (κ1) is 20.7. The Labute approximate surface area is 180 Å². The molecule has 31 heavy (non-hydrogen) atoms. The van der Waals surface area contributed by atoms with Gasteiger partial charge in [0.1, 0.15) is 17.9 Å². The highest BCUT2D eigenvalue weighted by atomic mass is 16.5. The number of ketones is 1. The van der Waals surface area contributed by atoms with Gasteiger partial charge in [-0.05, 0) is 43.7 Å². The van der Waals surface area contributed by atoms with Gasteiger partial charge >= 0.3 is 6.03 Å². The summed E-state index contributed by atoms with van der Waals surface area (Å²) in [5.74, 6) is 1.10. The summed E-state index contributed by atoms with van der Waals surface area (Å²) in [4.78, 5) is 38.6. The quantitative estimate of drug-likeness (QED) is 0.566. The maximum absolute atomic E-state index is 13.2. The highest BCUT2D eigenvalue weighted by Crippen LogP contribution is 2.36. The molecular formula is C23H24N2O6. The molecule has 0 bridgehead atoms. The summed E-state index contributed by atoms with van der Waals surface area (Å²) < 4.78 is 17.0. The second kappa shape index (κ2) is 8.29. The number of urea groups is 1. The van der Waals surface area contributed by atoms with E-state index in [4.69, 9.17) is 14.2 Å². The minimum absolute atomic E-state index is 0.0526. The maximum Gasteiger partial charge on any atom is 0.325 e. The molecule has 3 amide bonds. The Morgan fingerprint density at radius 1 is 1.13 bits per heavy atom. The molecule has 0 aromatic heterocycles. The van der Waals surface area contributed by atoms with Crippen LogP contribution in [0.15, 0.2) is 42.5 Å². The van der Waals surface area contributed by atoms with Crippen molar-refractivity contribution in [2.24, 2.45) is 0 Å². The van der Waals surface area contributed by atoms with Crippen LogP contribution in [0.1, 0.15) is 36.2 Å². The van der Waals surface area contributed by atoms with Gasteiger partial charge in [0.05, 0.1) is 25.3 Å². The van der Waals surface area contributed by atoms with Gasteiger partial charge in [-0.3, -0.25) is 14.5 Å². The molecule has 2 aliphatic rings. The van der Waals surface area contributed by atoms with Crippen LogP contribution < -0.4 is 19.5 Å². The topological polar surface area (TPSA) is 94.2 Å². The molecule has 162 valence electrons. The number of para-hydroxylation sites is 1. The molecule has 2 aromatic carbocycles. The molecular weight excluding hydrogens is 400 g/mol. The van der Waals surface area contributed by atoms with Gasteiger partial charge in [-0.1, -0.05) is 18.2 Å². The van der Waals surface area contributed by atoms with E-state index in [-0.39, 0.29) is 24.8 Å². The SMILES string of the molecule is CC(=O)c1ccccc1OCCN1C(=O)N[C@](C)(c2ccc3c(c2)OCCCO3)C1=O. The number of hydrogen-bond acceptors (Lipinski definition) is 6. The molecule has 0 radical (unpaired) electrons. The third-order valence-corrected chi connectivity index (χ3v) is 5.44. The number of ether oxygens (including phenoxy) is 3. The number of nitrogens with one attached hydrogen (secondary N) is 1. The maximum atomic E-state index is 13.2. The van der Waals surface area contributed by atoms with Crippen molar-refractivity contribution in [1.29, 1.82) is 0 Å². The van der Waals surface area contributed by atoms with Gasteiger partial charge in [0.15, 0.2) is 17.3 Å². The van der Waals surface area contributed by atoms with E-state index in [2.05, 4.69) is 5.32 Å². The third-order valence-electron chi connectivity index (χ3n) is 5.44. The Balaban J connectivity index is 1.47. The monoisotopic (exact) mass is 424 g/mol. The number of amides is 3. The first-order valence-corrected chi connectivity index (χ1v) is 10.2. The van der Waals surface area contributed by atoms with Crippen LogP contribution in [0, 0.1) is 0 Å². The number of carbonyl (C=O) groups is 3. The van der Waals surface area contributed by atoms with Crippen LogP contribution in [-0.4, -0.2) is 49.0 Å². The number of imide groups is 1. The van der Waals surface area contributed by atoms with E-state index >= 15 is 0 Å². The first-order chi connectivity index (χ1) is 14.9. The molecule has 0 saturated carbocycles. The number of fused-ring (bicyclic) bond motifs is 1. The average Bonchev–Trinajstić information content (AvgIpc) is 2.92. The lowest BCUT2D eigenvalue weighted by Gasteiger charge is -2.23. The second-order valence-electron chi connectivity index (χ2n) is 7.62. The van der Waals surface area contributed by atoms with Gasteiger partial charge in [0.2, 0.25) is 0 Å². The Hall–Kier alpha value is -3.55. The van der Waals surface area contributed by atoms with Crippen LogP contribution in [0.25, 0.3) is 0 Å². The van der Waals surface area contributed by atoms with E-state index in [1.807, 2.05) is 0 Å². The normalized spacial score (nSPS) is 20.3. The van der Waals surface area contributed by atoms with E-state index < -0.39 is 11.6 Å². The van der Waals surface area contributed by atoms with Gasteiger partial charge in [0.25, 0.3) is 5.91 Å². The average molecular weight is 424 g/mol. The van der Waals surface area contributed by atoms with E-state index in [0.29, 0.717) is 41.6 Å². The number of benzene rings is 2. The molecule has 1 fully saturated rings. The lowest BCUT2D eigenvalue weighted by molar-refractivity contribution is -0.131. The zero-order valence-corrected chi connectivity index (χ0v) is 17.5. The molecule has 4 rings (SSSR count). The Kier molecular flexibility index (Phi) is 5.54. The van der Waals surface area contributed by atoms with E-state index in [0.717, 1.165) is 11.3 Å². The first-order valence-electron chi connectivity index (χ1n) is 10.2. The summed E-state index contributed by atoms with van der Waals surface area (Å²) in [5, 5.41) is 2.78. The van der Waals surface area contributed by atoms with Gasteiger partial charge < -0.3 is 19.5 Å².